The van der Waals surface area contributed by atoms with Crippen molar-refractivity contribution in [1.29, 1.82) is 0 Å². The van der Waals surface area contributed by atoms with Gasteiger partial charge in [-0.15, -0.1) is 0 Å². The molecule has 0 bridgehead atoms. The van der Waals surface area contributed by atoms with Gasteiger partial charge in [-0.2, -0.15) is 0 Å². The zero-order chi connectivity index (χ0) is 10.5. The fourth-order valence-corrected chi connectivity index (χ4v) is 1.94. The fraction of sp³-hybridized carbons (Fsp3) is 0.214. The number of pyridine rings is 1. The second-order valence-corrected chi connectivity index (χ2v) is 3.65. The molecule has 0 aliphatic heterocycles. The average molecular weight is 214 g/mol. The van der Waals surface area contributed by atoms with E-state index in [0.717, 1.165) is 6.42 Å². The first kappa shape index (κ1) is 12.4. The van der Waals surface area contributed by atoms with E-state index in [1.807, 2.05) is 12.4 Å². The van der Waals surface area contributed by atoms with Crippen LogP contribution in [0.3, 0.4) is 0 Å². The van der Waals surface area contributed by atoms with Crippen LogP contribution in [0.2, 0.25) is 0 Å². The van der Waals surface area contributed by atoms with Crippen molar-refractivity contribution in [3.63, 3.8) is 0 Å². The van der Waals surface area contributed by atoms with Crippen LogP contribution in [-0.4, -0.2) is 4.98 Å². The first-order valence-corrected chi connectivity index (χ1v) is 5.36. The molecule has 0 radical (unpaired) electrons. The highest BCUT2D eigenvalue weighted by Gasteiger charge is 2.10. The summed E-state index contributed by atoms with van der Waals surface area (Å²) in [7, 11) is 0. The van der Waals surface area contributed by atoms with Crippen molar-refractivity contribution in [3.05, 3.63) is 66.0 Å². The Morgan fingerprint density at radius 3 is 2.06 bits per heavy atom. The van der Waals surface area contributed by atoms with Crippen LogP contribution in [0.5, 0.6) is 0 Å². The minimum absolute atomic E-state index is 0. The molecule has 3 N–H and O–H groups in total. The molecule has 2 aromatic rings. The van der Waals surface area contributed by atoms with E-state index in [0.29, 0.717) is 5.92 Å². The Hall–Kier alpha value is -1.67. The van der Waals surface area contributed by atoms with Gasteiger partial charge in [0.15, 0.2) is 0 Å². The third kappa shape index (κ3) is 2.67. The van der Waals surface area contributed by atoms with Crippen molar-refractivity contribution in [2.24, 2.45) is 0 Å². The molecule has 0 saturated carbocycles. The lowest BCUT2D eigenvalue weighted by molar-refractivity contribution is 0.775. The molecule has 1 aromatic carbocycles. The molecule has 0 fully saturated rings. The zero-order valence-corrected chi connectivity index (χ0v) is 9.63. The first-order valence-electron chi connectivity index (χ1n) is 5.36. The maximum Gasteiger partial charge on any atom is 0.0270 e. The van der Waals surface area contributed by atoms with Crippen LogP contribution in [0.25, 0.3) is 0 Å². The normalized spacial score (nSPS) is 11.6. The van der Waals surface area contributed by atoms with Gasteiger partial charge in [0, 0.05) is 18.3 Å². The van der Waals surface area contributed by atoms with Gasteiger partial charge >= 0.3 is 0 Å². The van der Waals surface area contributed by atoms with Crippen molar-refractivity contribution >= 4 is 0 Å². The Balaban J connectivity index is 0.00000128. The number of benzene rings is 1. The Morgan fingerprint density at radius 1 is 0.938 bits per heavy atom. The molecule has 0 aliphatic carbocycles. The molecule has 2 heteroatoms. The van der Waals surface area contributed by atoms with Gasteiger partial charge in [0.2, 0.25) is 0 Å². The number of hydrogen-bond acceptors (Lipinski definition) is 2. The molecule has 1 unspecified atom stereocenters. The molecule has 2 nitrogen and oxygen atoms in total. The van der Waals surface area contributed by atoms with Crippen LogP contribution in [0.15, 0.2) is 54.9 Å². The maximum atomic E-state index is 4.06. The smallest absolute Gasteiger partial charge is 0.0270 e. The van der Waals surface area contributed by atoms with Crippen LogP contribution in [0, 0.1) is 0 Å². The highest BCUT2D eigenvalue weighted by atomic mass is 14.6. The van der Waals surface area contributed by atoms with Crippen LogP contribution in [0.1, 0.15) is 30.4 Å². The van der Waals surface area contributed by atoms with Crippen LogP contribution < -0.4 is 6.15 Å². The molecule has 0 spiro atoms. The van der Waals surface area contributed by atoms with Crippen LogP contribution >= 0.6 is 0 Å². The quantitative estimate of drug-likeness (QED) is 0.845. The molecule has 0 amide bonds. The lowest BCUT2D eigenvalue weighted by atomic mass is 9.90. The summed E-state index contributed by atoms with van der Waals surface area (Å²) in [6, 6.07) is 14.8. The summed E-state index contributed by atoms with van der Waals surface area (Å²) >= 11 is 0. The second kappa shape index (κ2) is 6.03. The van der Waals surface area contributed by atoms with Gasteiger partial charge in [0.25, 0.3) is 0 Å². The third-order valence-corrected chi connectivity index (χ3v) is 2.72. The number of nitrogens with zero attached hydrogens (tertiary/aromatic N) is 1. The largest absolute Gasteiger partial charge is 0.344 e. The zero-order valence-electron chi connectivity index (χ0n) is 9.63. The van der Waals surface area contributed by atoms with Crippen LogP contribution in [0.4, 0.5) is 0 Å². The number of hydrogen-bond donors (Lipinski definition) is 1. The van der Waals surface area contributed by atoms with Crippen molar-refractivity contribution in [3.8, 4) is 0 Å². The Morgan fingerprint density at radius 2 is 1.50 bits per heavy atom. The fourth-order valence-electron chi connectivity index (χ4n) is 1.94. The summed E-state index contributed by atoms with van der Waals surface area (Å²) in [6.45, 7) is 2.22. The van der Waals surface area contributed by atoms with Gasteiger partial charge in [-0.05, 0) is 29.7 Å². The van der Waals surface area contributed by atoms with Gasteiger partial charge in [-0.3, -0.25) is 4.98 Å². The average Bonchev–Trinajstić information content (AvgIpc) is 2.33. The summed E-state index contributed by atoms with van der Waals surface area (Å²) in [5, 5.41) is 0. The lowest BCUT2D eigenvalue weighted by Crippen LogP contribution is -1.99. The molecule has 1 atom stereocenters. The Bertz CT molecular complexity index is 358. The van der Waals surface area contributed by atoms with Crippen molar-refractivity contribution in [1.82, 2.24) is 11.1 Å². The van der Waals surface area contributed by atoms with Gasteiger partial charge < -0.3 is 6.15 Å². The SMILES string of the molecule is CCC(c1ccccc1)c1ccncc1.N. The number of rotatable bonds is 3. The summed E-state index contributed by atoms with van der Waals surface area (Å²) in [5.74, 6) is 0.495. The molecule has 0 aliphatic rings. The molecule has 2 rings (SSSR count). The summed E-state index contributed by atoms with van der Waals surface area (Å²) in [5.41, 5.74) is 2.73. The predicted molar refractivity (Wildman–Crippen MR) is 67.8 cm³/mol. The topological polar surface area (TPSA) is 47.9 Å². The highest BCUT2D eigenvalue weighted by Crippen LogP contribution is 2.26. The van der Waals surface area contributed by atoms with Crippen molar-refractivity contribution in [2.45, 2.75) is 19.3 Å². The Kier molecular flexibility index (Phi) is 4.67. The van der Waals surface area contributed by atoms with Crippen LogP contribution in [-0.2, 0) is 0 Å². The minimum Gasteiger partial charge on any atom is -0.344 e. The van der Waals surface area contributed by atoms with E-state index in [4.69, 9.17) is 0 Å². The third-order valence-electron chi connectivity index (χ3n) is 2.72. The minimum atomic E-state index is 0. The Labute approximate surface area is 96.9 Å². The molecule has 1 aromatic heterocycles. The predicted octanol–water partition coefficient (Wildman–Crippen LogP) is 3.79. The van der Waals surface area contributed by atoms with E-state index in [-0.39, 0.29) is 6.15 Å². The standard InChI is InChI=1S/C14H15N.H3N/c1-2-14(12-6-4-3-5-7-12)13-8-10-15-11-9-13;/h3-11,14H,2H2,1H3;1H3. The summed E-state index contributed by atoms with van der Waals surface area (Å²) < 4.78 is 0. The molecule has 0 saturated heterocycles. The number of aromatic nitrogens is 1. The van der Waals surface area contributed by atoms with Gasteiger partial charge in [0.1, 0.15) is 0 Å². The van der Waals surface area contributed by atoms with Crippen molar-refractivity contribution in [2.75, 3.05) is 0 Å². The van der Waals surface area contributed by atoms with E-state index in [1.54, 1.807) is 0 Å². The van der Waals surface area contributed by atoms with E-state index in [1.165, 1.54) is 11.1 Å². The molecule has 1 heterocycles. The monoisotopic (exact) mass is 214 g/mol. The van der Waals surface area contributed by atoms with E-state index in [2.05, 4.69) is 54.4 Å². The van der Waals surface area contributed by atoms with Gasteiger partial charge in [-0.25, -0.2) is 0 Å². The molecule has 84 valence electrons. The van der Waals surface area contributed by atoms with E-state index >= 15 is 0 Å². The van der Waals surface area contributed by atoms with Crippen molar-refractivity contribution < 1.29 is 0 Å². The summed E-state index contributed by atoms with van der Waals surface area (Å²) in [4.78, 5) is 4.06. The van der Waals surface area contributed by atoms with E-state index < -0.39 is 0 Å². The molecular weight excluding hydrogens is 196 g/mol. The molecule has 16 heavy (non-hydrogen) atoms. The maximum absolute atomic E-state index is 4.06. The molecular formula is C14H18N2. The van der Waals surface area contributed by atoms with Gasteiger partial charge in [-0.1, -0.05) is 37.3 Å². The second-order valence-electron chi connectivity index (χ2n) is 3.65. The van der Waals surface area contributed by atoms with Gasteiger partial charge in [0.05, 0.1) is 0 Å². The van der Waals surface area contributed by atoms with E-state index in [9.17, 15) is 0 Å². The first-order chi connectivity index (χ1) is 7.42. The lowest BCUT2D eigenvalue weighted by Gasteiger charge is -2.15. The summed E-state index contributed by atoms with van der Waals surface area (Å²) in [6.07, 6.45) is 4.84. The highest BCUT2D eigenvalue weighted by molar-refractivity contribution is 5.30.